The number of halogens is 2. The van der Waals surface area contributed by atoms with Crippen molar-refractivity contribution in [3.63, 3.8) is 0 Å². The monoisotopic (exact) mass is 399 g/mol. The van der Waals surface area contributed by atoms with Crippen LogP contribution < -0.4 is 16.2 Å². The van der Waals surface area contributed by atoms with Gasteiger partial charge in [-0.2, -0.15) is 4.98 Å². The molecule has 4 rings (SSSR count). The standard InChI is InChI=1S/C21H23F2N5O/c22-15-5-4-14(16(23)10-15)11-28-8-6-13(7-9-28)12-29-18-3-1-2-17-19(18)20(24)27-21(25)26-17/h1-5,10,13H,6-9,11-12H2,(H4,24,25,26,27). The van der Waals surface area contributed by atoms with Gasteiger partial charge in [-0.1, -0.05) is 12.1 Å². The number of ether oxygens (including phenoxy) is 1. The molecule has 0 spiro atoms. The minimum Gasteiger partial charge on any atom is -0.492 e. The molecule has 29 heavy (non-hydrogen) atoms. The number of benzene rings is 2. The van der Waals surface area contributed by atoms with Crippen molar-refractivity contribution in [2.24, 2.45) is 5.92 Å². The number of fused-ring (bicyclic) bond motifs is 1. The third kappa shape index (κ3) is 4.37. The van der Waals surface area contributed by atoms with Crippen LogP contribution in [0.3, 0.4) is 0 Å². The summed E-state index contributed by atoms with van der Waals surface area (Å²) in [7, 11) is 0. The van der Waals surface area contributed by atoms with Crippen LogP contribution in [0.25, 0.3) is 10.9 Å². The first-order valence-corrected chi connectivity index (χ1v) is 9.60. The van der Waals surface area contributed by atoms with E-state index in [1.54, 1.807) is 0 Å². The molecule has 0 unspecified atom stereocenters. The first kappa shape index (κ1) is 19.3. The lowest BCUT2D eigenvalue weighted by molar-refractivity contribution is 0.136. The van der Waals surface area contributed by atoms with Crippen molar-refractivity contribution in [1.82, 2.24) is 14.9 Å². The van der Waals surface area contributed by atoms with E-state index in [2.05, 4.69) is 14.9 Å². The fraction of sp³-hybridized carbons (Fsp3) is 0.333. The van der Waals surface area contributed by atoms with E-state index in [1.165, 1.54) is 12.1 Å². The first-order valence-electron chi connectivity index (χ1n) is 9.60. The number of hydrogen-bond donors (Lipinski definition) is 2. The highest BCUT2D eigenvalue weighted by Crippen LogP contribution is 2.30. The predicted molar refractivity (Wildman–Crippen MR) is 108 cm³/mol. The summed E-state index contributed by atoms with van der Waals surface area (Å²) < 4.78 is 33.0. The van der Waals surface area contributed by atoms with E-state index in [9.17, 15) is 8.78 Å². The number of nitrogens with zero attached hydrogens (tertiary/aromatic N) is 3. The molecule has 2 aromatic carbocycles. The summed E-state index contributed by atoms with van der Waals surface area (Å²) >= 11 is 0. The van der Waals surface area contributed by atoms with Gasteiger partial charge in [0.1, 0.15) is 23.2 Å². The van der Waals surface area contributed by atoms with Crippen molar-refractivity contribution < 1.29 is 13.5 Å². The highest BCUT2D eigenvalue weighted by molar-refractivity contribution is 5.94. The Morgan fingerprint density at radius 1 is 1.07 bits per heavy atom. The fourth-order valence-corrected chi connectivity index (χ4v) is 3.73. The molecular formula is C21H23F2N5O. The number of likely N-dealkylation sites (tertiary alicyclic amines) is 1. The van der Waals surface area contributed by atoms with Gasteiger partial charge in [-0.3, -0.25) is 4.90 Å². The molecule has 8 heteroatoms. The smallest absolute Gasteiger partial charge is 0.222 e. The van der Waals surface area contributed by atoms with Gasteiger partial charge in [0.25, 0.3) is 0 Å². The molecular weight excluding hydrogens is 376 g/mol. The molecule has 0 atom stereocenters. The molecule has 0 saturated carbocycles. The van der Waals surface area contributed by atoms with Gasteiger partial charge in [-0.25, -0.2) is 13.8 Å². The molecule has 152 valence electrons. The van der Waals surface area contributed by atoms with E-state index >= 15 is 0 Å². The number of hydrogen-bond acceptors (Lipinski definition) is 6. The van der Waals surface area contributed by atoms with Gasteiger partial charge in [0.15, 0.2) is 0 Å². The van der Waals surface area contributed by atoms with Crippen molar-refractivity contribution in [1.29, 1.82) is 0 Å². The summed E-state index contributed by atoms with van der Waals surface area (Å²) in [6.07, 6.45) is 1.87. The topological polar surface area (TPSA) is 90.3 Å². The van der Waals surface area contributed by atoms with E-state index in [0.717, 1.165) is 32.0 Å². The zero-order chi connectivity index (χ0) is 20.4. The summed E-state index contributed by atoms with van der Waals surface area (Å²) in [5.74, 6) is 0.429. The third-order valence-corrected chi connectivity index (χ3v) is 5.32. The second-order valence-electron chi connectivity index (χ2n) is 7.38. The number of rotatable bonds is 5. The van der Waals surface area contributed by atoms with Crippen molar-refractivity contribution in [3.8, 4) is 5.75 Å². The maximum atomic E-state index is 13.9. The van der Waals surface area contributed by atoms with E-state index in [-0.39, 0.29) is 5.95 Å². The Hall–Kier alpha value is -3.00. The Balaban J connectivity index is 1.34. The van der Waals surface area contributed by atoms with Crippen LogP contribution in [-0.4, -0.2) is 34.6 Å². The van der Waals surface area contributed by atoms with E-state index in [1.807, 2.05) is 18.2 Å². The number of nitrogen functional groups attached to an aromatic ring is 2. The lowest BCUT2D eigenvalue weighted by atomic mass is 9.97. The Labute approximate surface area is 167 Å². The van der Waals surface area contributed by atoms with Gasteiger partial charge in [0.2, 0.25) is 5.95 Å². The lowest BCUT2D eigenvalue weighted by Crippen LogP contribution is -2.35. The minimum absolute atomic E-state index is 0.136. The molecule has 6 nitrogen and oxygen atoms in total. The Morgan fingerprint density at radius 2 is 1.86 bits per heavy atom. The number of piperidine rings is 1. The van der Waals surface area contributed by atoms with Gasteiger partial charge in [-0.15, -0.1) is 0 Å². The Bertz CT molecular complexity index is 1020. The zero-order valence-electron chi connectivity index (χ0n) is 15.9. The van der Waals surface area contributed by atoms with Gasteiger partial charge in [-0.05, 0) is 50.0 Å². The number of nitrogens with two attached hydrogens (primary N) is 2. The van der Waals surface area contributed by atoms with E-state index in [0.29, 0.717) is 47.1 Å². The average Bonchev–Trinajstić information content (AvgIpc) is 2.69. The van der Waals surface area contributed by atoms with Gasteiger partial charge >= 0.3 is 0 Å². The largest absolute Gasteiger partial charge is 0.492 e. The molecule has 1 aliphatic heterocycles. The van der Waals surface area contributed by atoms with Crippen LogP contribution in [0.4, 0.5) is 20.5 Å². The molecule has 1 fully saturated rings. The first-order chi connectivity index (χ1) is 14.0. The van der Waals surface area contributed by atoms with Crippen molar-refractivity contribution >= 4 is 22.7 Å². The molecule has 0 aliphatic carbocycles. The van der Waals surface area contributed by atoms with E-state index < -0.39 is 11.6 Å². The predicted octanol–water partition coefficient (Wildman–Crippen LogP) is 3.36. The highest BCUT2D eigenvalue weighted by atomic mass is 19.1. The fourth-order valence-electron chi connectivity index (χ4n) is 3.73. The average molecular weight is 399 g/mol. The molecule has 3 aromatic rings. The molecule has 0 bridgehead atoms. The van der Waals surface area contributed by atoms with Crippen LogP contribution in [0, 0.1) is 17.6 Å². The van der Waals surface area contributed by atoms with E-state index in [4.69, 9.17) is 16.2 Å². The minimum atomic E-state index is -0.552. The maximum Gasteiger partial charge on any atom is 0.222 e. The summed E-state index contributed by atoms with van der Waals surface area (Å²) in [6, 6.07) is 9.27. The Morgan fingerprint density at radius 3 is 2.62 bits per heavy atom. The molecule has 1 aliphatic rings. The quantitative estimate of drug-likeness (QED) is 0.684. The normalized spacial score (nSPS) is 15.7. The van der Waals surface area contributed by atoms with Crippen LogP contribution in [0.1, 0.15) is 18.4 Å². The van der Waals surface area contributed by atoms with Crippen LogP contribution in [0.5, 0.6) is 5.75 Å². The summed E-state index contributed by atoms with van der Waals surface area (Å²) in [6.45, 7) is 2.71. The lowest BCUT2D eigenvalue weighted by Gasteiger charge is -2.32. The summed E-state index contributed by atoms with van der Waals surface area (Å²) in [4.78, 5) is 10.4. The zero-order valence-corrected chi connectivity index (χ0v) is 15.9. The number of anilines is 2. The van der Waals surface area contributed by atoms with Gasteiger partial charge in [0.05, 0.1) is 17.5 Å². The van der Waals surface area contributed by atoms with Crippen LogP contribution in [0.2, 0.25) is 0 Å². The molecule has 2 heterocycles. The summed E-state index contributed by atoms with van der Waals surface area (Å²) in [5.41, 5.74) is 12.8. The molecule has 1 aromatic heterocycles. The summed E-state index contributed by atoms with van der Waals surface area (Å²) in [5, 5.41) is 0.672. The second kappa shape index (κ2) is 8.16. The van der Waals surface area contributed by atoms with Gasteiger partial charge < -0.3 is 16.2 Å². The van der Waals surface area contributed by atoms with Gasteiger partial charge in [0, 0.05) is 18.2 Å². The Kier molecular flexibility index (Phi) is 5.44. The van der Waals surface area contributed by atoms with Crippen LogP contribution >= 0.6 is 0 Å². The molecule has 0 radical (unpaired) electrons. The third-order valence-electron chi connectivity index (χ3n) is 5.32. The molecule has 4 N–H and O–H groups in total. The molecule has 1 saturated heterocycles. The highest BCUT2D eigenvalue weighted by Gasteiger charge is 2.21. The second-order valence-corrected chi connectivity index (χ2v) is 7.38. The van der Waals surface area contributed by atoms with Crippen LogP contribution in [0.15, 0.2) is 36.4 Å². The number of aromatic nitrogens is 2. The molecule has 0 amide bonds. The van der Waals surface area contributed by atoms with Crippen molar-refractivity contribution in [2.75, 3.05) is 31.2 Å². The van der Waals surface area contributed by atoms with Crippen molar-refractivity contribution in [2.45, 2.75) is 19.4 Å². The SMILES string of the molecule is Nc1nc(N)c2c(OCC3CCN(Cc4ccc(F)cc4F)CC3)cccc2n1. The van der Waals surface area contributed by atoms with Crippen LogP contribution in [-0.2, 0) is 6.54 Å². The van der Waals surface area contributed by atoms with Crippen molar-refractivity contribution in [3.05, 3.63) is 53.6 Å². The maximum absolute atomic E-state index is 13.9.